The van der Waals surface area contributed by atoms with Crippen molar-refractivity contribution in [2.45, 2.75) is 13.8 Å². The number of nitriles is 1. The molecule has 0 saturated carbocycles. The summed E-state index contributed by atoms with van der Waals surface area (Å²) in [5.41, 5.74) is 2.74. The molecule has 0 bridgehead atoms. The van der Waals surface area contributed by atoms with Gasteiger partial charge in [-0.3, -0.25) is 0 Å². The third kappa shape index (κ3) is 1.62. The Balaban J connectivity index is 3.41. The fourth-order valence-corrected chi connectivity index (χ4v) is 1.16. The molecule has 0 fully saturated rings. The van der Waals surface area contributed by atoms with Crippen LogP contribution in [0.5, 0.6) is 0 Å². The minimum Gasteiger partial charge on any atom is -0.362 e. The van der Waals surface area contributed by atoms with Gasteiger partial charge in [-0.05, 0) is 25.0 Å². The molecule has 0 aliphatic rings. The molecule has 0 aromatic carbocycles. The third-order valence-electron chi connectivity index (χ3n) is 2.11. The SMILES string of the molecule is Cc1cnc(N(C)C)c(C#N)c1C. The minimum atomic E-state index is 0.671. The first-order valence-corrected chi connectivity index (χ1v) is 4.11. The summed E-state index contributed by atoms with van der Waals surface area (Å²) < 4.78 is 0. The Kier molecular flexibility index (Phi) is 2.52. The normalized spacial score (nSPS) is 9.46. The number of rotatable bonds is 1. The molecule has 1 rings (SSSR count). The van der Waals surface area contributed by atoms with Gasteiger partial charge in [0.2, 0.25) is 0 Å². The number of pyridine rings is 1. The average Bonchev–Trinajstić information content (AvgIpc) is 2.09. The smallest absolute Gasteiger partial charge is 0.146 e. The van der Waals surface area contributed by atoms with Gasteiger partial charge in [-0.1, -0.05) is 0 Å². The first kappa shape index (κ1) is 9.53. The van der Waals surface area contributed by atoms with Crippen molar-refractivity contribution in [1.29, 1.82) is 5.26 Å². The van der Waals surface area contributed by atoms with Crippen LogP contribution in [0.4, 0.5) is 5.82 Å². The van der Waals surface area contributed by atoms with Gasteiger partial charge in [-0.2, -0.15) is 5.26 Å². The van der Waals surface area contributed by atoms with E-state index in [-0.39, 0.29) is 0 Å². The van der Waals surface area contributed by atoms with E-state index in [1.165, 1.54) is 0 Å². The predicted molar refractivity (Wildman–Crippen MR) is 52.8 cm³/mol. The lowest BCUT2D eigenvalue weighted by atomic mass is 10.1. The highest BCUT2D eigenvalue weighted by atomic mass is 15.1. The number of anilines is 1. The molecule has 0 aliphatic carbocycles. The maximum absolute atomic E-state index is 8.96. The number of aromatic nitrogens is 1. The summed E-state index contributed by atoms with van der Waals surface area (Å²) in [5.74, 6) is 0.741. The molecule has 0 amide bonds. The van der Waals surface area contributed by atoms with Gasteiger partial charge in [0.05, 0.1) is 5.56 Å². The summed E-state index contributed by atoms with van der Waals surface area (Å²) >= 11 is 0. The van der Waals surface area contributed by atoms with E-state index in [4.69, 9.17) is 5.26 Å². The van der Waals surface area contributed by atoms with Crippen molar-refractivity contribution in [2.75, 3.05) is 19.0 Å². The van der Waals surface area contributed by atoms with E-state index in [0.717, 1.165) is 16.9 Å². The Bertz CT molecular complexity index is 361. The van der Waals surface area contributed by atoms with E-state index in [9.17, 15) is 0 Å². The maximum atomic E-state index is 8.96. The lowest BCUT2D eigenvalue weighted by Gasteiger charge is -2.14. The Morgan fingerprint density at radius 3 is 2.46 bits per heavy atom. The van der Waals surface area contributed by atoms with Crippen LogP contribution in [0.2, 0.25) is 0 Å². The molecule has 0 unspecified atom stereocenters. The van der Waals surface area contributed by atoms with Gasteiger partial charge >= 0.3 is 0 Å². The molecule has 0 saturated heterocycles. The van der Waals surface area contributed by atoms with Crippen molar-refractivity contribution in [2.24, 2.45) is 0 Å². The van der Waals surface area contributed by atoms with Gasteiger partial charge in [0.25, 0.3) is 0 Å². The Morgan fingerprint density at radius 1 is 1.38 bits per heavy atom. The average molecular weight is 175 g/mol. The van der Waals surface area contributed by atoms with Crippen molar-refractivity contribution < 1.29 is 0 Å². The molecule has 0 N–H and O–H groups in total. The molecule has 1 aromatic rings. The van der Waals surface area contributed by atoms with Crippen LogP contribution in [0.3, 0.4) is 0 Å². The van der Waals surface area contributed by atoms with Gasteiger partial charge in [-0.25, -0.2) is 4.98 Å². The molecule has 1 aromatic heterocycles. The van der Waals surface area contributed by atoms with Crippen molar-refractivity contribution in [1.82, 2.24) is 4.98 Å². The van der Waals surface area contributed by atoms with E-state index < -0.39 is 0 Å². The highest BCUT2D eigenvalue weighted by Gasteiger charge is 2.09. The fourth-order valence-electron chi connectivity index (χ4n) is 1.16. The first-order valence-electron chi connectivity index (χ1n) is 4.11. The molecule has 0 aliphatic heterocycles. The van der Waals surface area contributed by atoms with Crippen LogP contribution < -0.4 is 4.90 Å². The number of hydrogen-bond donors (Lipinski definition) is 0. The number of hydrogen-bond acceptors (Lipinski definition) is 3. The van der Waals surface area contributed by atoms with Crippen LogP contribution in [0.15, 0.2) is 6.20 Å². The highest BCUT2D eigenvalue weighted by Crippen LogP contribution is 2.20. The van der Waals surface area contributed by atoms with E-state index in [1.54, 1.807) is 6.20 Å². The van der Waals surface area contributed by atoms with E-state index in [0.29, 0.717) is 5.56 Å². The summed E-state index contributed by atoms with van der Waals surface area (Å²) in [6, 6.07) is 2.18. The van der Waals surface area contributed by atoms with Crippen LogP contribution in [-0.4, -0.2) is 19.1 Å². The molecule has 3 heteroatoms. The van der Waals surface area contributed by atoms with E-state index in [1.807, 2.05) is 32.8 Å². The molecule has 1 heterocycles. The Morgan fingerprint density at radius 2 is 2.00 bits per heavy atom. The second-order valence-electron chi connectivity index (χ2n) is 3.27. The molecule has 0 radical (unpaired) electrons. The molecule has 0 atom stereocenters. The second kappa shape index (κ2) is 3.44. The third-order valence-corrected chi connectivity index (χ3v) is 2.11. The van der Waals surface area contributed by atoms with Gasteiger partial charge in [0.1, 0.15) is 11.9 Å². The van der Waals surface area contributed by atoms with Crippen molar-refractivity contribution >= 4 is 5.82 Å². The molecule has 68 valence electrons. The number of nitrogens with zero attached hydrogens (tertiary/aromatic N) is 3. The van der Waals surface area contributed by atoms with Crippen LogP contribution in [0.1, 0.15) is 16.7 Å². The van der Waals surface area contributed by atoms with Crippen LogP contribution >= 0.6 is 0 Å². The topological polar surface area (TPSA) is 39.9 Å². The summed E-state index contributed by atoms with van der Waals surface area (Å²) in [6.07, 6.45) is 1.80. The predicted octanol–water partition coefficient (Wildman–Crippen LogP) is 1.64. The summed E-state index contributed by atoms with van der Waals surface area (Å²) in [7, 11) is 3.77. The first-order chi connectivity index (χ1) is 6.07. The zero-order valence-corrected chi connectivity index (χ0v) is 8.42. The minimum absolute atomic E-state index is 0.671. The van der Waals surface area contributed by atoms with Crippen molar-refractivity contribution in [3.8, 4) is 6.07 Å². The van der Waals surface area contributed by atoms with Crippen molar-refractivity contribution in [3.63, 3.8) is 0 Å². The van der Waals surface area contributed by atoms with Gasteiger partial charge in [0.15, 0.2) is 0 Å². The van der Waals surface area contributed by atoms with Crippen LogP contribution in [0, 0.1) is 25.2 Å². The van der Waals surface area contributed by atoms with Gasteiger partial charge < -0.3 is 4.90 Å². The lowest BCUT2D eigenvalue weighted by molar-refractivity contribution is 1.04. The van der Waals surface area contributed by atoms with Crippen LogP contribution in [0.25, 0.3) is 0 Å². The highest BCUT2D eigenvalue weighted by molar-refractivity contribution is 5.58. The quantitative estimate of drug-likeness (QED) is 0.651. The summed E-state index contributed by atoms with van der Waals surface area (Å²) in [5, 5.41) is 8.96. The molecule has 13 heavy (non-hydrogen) atoms. The second-order valence-corrected chi connectivity index (χ2v) is 3.27. The monoisotopic (exact) mass is 175 g/mol. The zero-order valence-electron chi connectivity index (χ0n) is 8.42. The van der Waals surface area contributed by atoms with Crippen molar-refractivity contribution in [3.05, 3.63) is 22.9 Å². The summed E-state index contributed by atoms with van der Waals surface area (Å²) in [6.45, 7) is 3.91. The summed E-state index contributed by atoms with van der Waals surface area (Å²) in [4.78, 5) is 6.06. The van der Waals surface area contributed by atoms with E-state index >= 15 is 0 Å². The van der Waals surface area contributed by atoms with E-state index in [2.05, 4.69) is 11.1 Å². The fraction of sp³-hybridized carbons (Fsp3) is 0.400. The maximum Gasteiger partial charge on any atom is 0.146 e. The zero-order chi connectivity index (χ0) is 10.0. The molecular weight excluding hydrogens is 162 g/mol. The van der Waals surface area contributed by atoms with Gasteiger partial charge in [0, 0.05) is 20.3 Å². The van der Waals surface area contributed by atoms with Crippen LogP contribution in [-0.2, 0) is 0 Å². The lowest BCUT2D eigenvalue weighted by Crippen LogP contribution is -2.13. The Hall–Kier alpha value is -1.56. The largest absolute Gasteiger partial charge is 0.362 e. The Labute approximate surface area is 78.6 Å². The molecular formula is C10H13N3. The standard InChI is InChI=1S/C10H13N3/c1-7-6-12-10(13(3)4)9(5-11)8(7)2/h6H,1-4H3. The van der Waals surface area contributed by atoms with Gasteiger partial charge in [-0.15, -0.1) is 0 Å². The number of aryl methyl sites for hydroxylation is 1. The molecule has 3 nitrogen and oxygen atoms in total. The molecule has 0 spiro atoms.